The Morgan fingerprint density at radius 1 is 1.10 bits per heavy atom. The van der Waals surface area contributed by atoms with Crippen molar-refractivity contribution in [2.45, 2.75) is 6.42 Å². The maximum atomic E-state index is 13.5. The zero-order chi connectivity index (χ0) is 21.1. The molecule has 2 aromatic rings. The van der Waals surface area contributed by atoms with Crippen molar-refractivity contribution in [3.05, 3.63) is 51.1 Å². The number of hydrogen-bond acceptors (Lipinski definition) is 6. The van der Waals surface area contributed by atoms with Crippen LogP contribution in [0.5, 0.6) is 0 Å². The van der Waals surface area contributed by atoms with Crippen molar-refractivity contribution >= 4 is 51.6 Å². The number of amides is 1. The highest BCUT2D eigenvalue weighted by atomic mass is 32.2. The van der Waals surface area contributed by atoms with E-state index in [0.717, 1.165) is 55.8 Å². The Morgan fingerprint density at radius 3 is 2.67 bits per heavy atom. The van der Waals surface area contributed by atoms with Gasteiger partial charge < -0.3 is 4.74 Å². The Morgan fingerprint density at radius 2 is 1.90 bits per heavy atom. The van der Waals surface area contributed by atoms with Crippen molar-refractivity contribution in [2.24, 2.45) is 0 Å². The molecule has 0 aliphatic carbocycles. The van der Waals surface area contributed by atoms with E-state index in [4.69, 9.17) is 17.0 Å². The van der Waals surface area contributed by atoms with E-state index in [9.17, 15) is 13.6 Å². The maximum absolute atomic E-state index is 13.5. The SMILES string of the molecule is O=C1/C(=C/c2cc(-c3ccc(F)c(F)c3)cs2)SC(=S)N1CCCN1CCOCC1. The summed E-state index contributed by atoms with van der Waals surface area (Å²) in [7, 11) is 0. The molecule has 0 radical (unpaired) electrons. The fraction of sp³-hybridized carbons (Fsp3) is 0.333. The highest BCUT2D eigenvalue weighted by molar-refractivity contribution is 8.26. The Kier molecular flexibility index (Phi) is 6.94. The summed E-state index contributed by atoms with van der Waals surface area (Å²) < 4.78 is 32.6. The van der Waals surface area contributed by atoms with Crippen LogP contribution in [0.2, 0.25) is 0 Å². The summed E-state index contributed by atoms with van der Waals surface area (Å²) in [5, 5.41) is 1.86. The lowest BCUT2D eigenvalue weighted by Gasteiger charge is -2.27. The van der Waals surface area contributed by atoms with Crippen LogP contribution in [0.1, 0.15) is 11.3 Å². The highest BCUT2D eigenvalue weighted by Gasteiger charge is 2.31. The van der Waals surface area contributed by atoms with Crippen LogP contribution in [0.3, 0.4) is 0 Å². The van der Waals surface area contributed by atoms with Gasteiger partial charge in [-0.1, -0.05) is 30.0 Å². The summed E-state index contributed by atoms with van der Waals surface area (Å²) >= 11 is 8.16. The number of thioether (sulfide) groups is 1. The van der Waals surface area contributed by atoms with E-state index in [1.807, 2.05) is 17.5 Å². The predicted molar refractivity (Wildman–Crippen MR) is 121 cm³/mol. The Bertz CT molecular complexity index is 986. The summed E-state index contributed by atoms with van der Waals surface area (Å²) in [4.78, 5) is 18.2. The van der Waals surface area contributed by atoms with Gasteiger partial charge in [0.1, 0.15) is 4.32 Å². The summed E-state index contributed by atoms with van der Waals surface area (Å²) in [5.41, 5.74) is 1.38. The van der Waals surface area contributed by atoms with Gasteiger partial charge in [0, 0.05) is 31.1 Å². The number of carbonyl (C=O) groups excluding carboxylic acids is 1. The molecule has 1 aromatic heterocycles. The van der Waals surface area contributed by atoms with Crippen LogP contribution in [0, 0.1) is 11.6 Å². The molecule has 1 amide bonds. The smallest absolute Gasteiger partial charge is 0.266 e. The molecule has 4 nitrogen and oxygen atoms in total. The first-order valence-corrected chi connectivity index (χ1v) is 11.7. The van der Waals surface area contributed by atoms with Crippen LogP contribution in [0.15, 0.2) is 34.6 Å². The van der Waals surface area contributed by atoms with Crippen molar-refractivity contribution in [1.82, 2.24) is 9.80 Å². The molecule has 158 valence electrons. The topological polar surface area (TPSA) is 32.8 Å². The van der Waals surface area contributed by atoms with E-state index in [1.54, 1.807) is 4.90 Å². The van der Waals surface area contributed by atoms with Crippen LogP contribution in [-0.2, 0) is 9.53 Å². The minimum absolute atomic E-state index is 0.0743. The van der Waals surface area contributed by atoms with Crippen molar-refractivity contribution in [2.75, 3.05) is 39.4 Å². The van der Waals surface area contributed by atoms with Crippen molar-refractivity contribution in [1.29, 1.82) is 0 Å². The molecule has 3 heterocycles. The molecule has 4 rings (SSSR count). The average Bonchev–Trinajstić information content (AvgIpc) is 3.31. The van der Waals surface area contributed by atoms with Crippen molar-refractivity contribution in [3.63, 3.8) is 0 Å². The second kappa shape index (κ2) is 9.65. The van der Waals surface area contributed by atoms with Gasteiger partial charge in [-0.05, 0) is 47.2 Å². The van der Waals surface area contributed by atoms with E-state index in [1.165, 1.54) is 35.2 Å². The van der Waals surface area contributed by atoms with E-state index >= 15 is 0 Å². The fourth-order valence-corrected chi connectivity index (χ4v) is 5.58. The van der Waals surface area contributed by atoms with E-state index in [0.29, 0.717) is 21.3 Å². The van der Waals surface area contributed by atoms with Gasteiger partial charge in [-0.25, -0.2) is 8.78 Å². The summed E-state index contributed by atoms with van der Waals surface area (Å²) in [6.07, 6.45) is 2.67. The number of ether oxygens (including phenoxy) is 1. The minimum Gasteiger partial charge on any atom is -0.379 e. The first-order valence-electron chi connectivity index (χ1n) is 9.61. The lowest BCUT2D eigenvalue weighted by molar-refractivity contribution is -0.122. The van der Waals surface area contributed by atoms with Crippen LogP contribution in [0.4, 0.5) is 8.78 Å². The number of thiocarbonyl (C=S) groups is 1. The number of thiophene rings is 1. The highest BCUT2D eigenvalue weighted by Crippen LogP contribution is 2.35. The number of morpholine rings is 1. The van der Waals surface area contributed by atoms with E-state index < -0.39 is 11.6 Å². The van der Waals surface area contributed by atoms with Gasteiger partial charge in [0.25, 0.3) is 5.91 Å². The van der Waals surface area contributed by atoms with Gasteiger partial charge in [0.2, 0.25) is 0 Å². The summed E-state index contributed by atoms with van der Waals surface area (Å²) in [5.74, 6) is -1.82. The van der Waals surface area contributed by atoms with Crippen LogP contribution in [-0.4, -0.2) is 59.4 Å². The third-order valence-electron chi connectivity index (χ3n) is 4.98. The average molecular weight is 467 g/mol. The molecule has 0 saturated carbocycles. The van der Waals surface area contributed by atoms with E-state index in [2.05, 4.69) is 4.90 Å². The molecule has 0 unspecified atom stereocenters. The van der Waals surface area contributed by atoms with Crippen molar-refractivity contribution < 1.29 is 18.3 Å². The molecule has 2 saturated heterocycles. The number of hydrogen-bond donors (Lipinski definition) is 0. The molecule has 9 heteroatoms. The number of rotatable bonds is 6. The zero-order valence-corrected chi connectivity index (χ0v) is 18.6. The Balaban J connectivity index is 1.39. The normalized spacial score (nSPS) is 19.3. The first-order chi connectivity index (χ1) is 14.5. The molecule has 0 N–H and O–H groups in total. The molecule has 0 spiro atoms. The second-order valence-corrected chi connectivity index (χ2v) is 9.63. The zero-order valence-electron chi connectivity index (χ0n) is 16.1. The maximum Gasteiger partial charge on any atom is 0.266 e. The summed E-state index contributed by atoms with van der Waals surface area (Å²) in [6.45, 7) is 4.90. The van der Waals surface area contributed by atoms with Crippen LogP contribution in [0.25, 0.3) is 17.2 Å². The quantitative estimate of drug-likeness (QED) is 0.458. The molecule has 0 atom stereocenters. The van der Waals surface area contributed by atoms with Gasteiger partial charge in [-0.2, -0.15) is 0 Å². The molecule has 2 fully saturated rings. The Labute approximate surface area is 187 Å². The number of nitrogens with zero attached hydrogens (tertiary/aromatic N) is 2. The lowest BCUT2D eigenvalue weighted by Crippen LogP contribution is -2.38. The monoisotopic (exact) mass is 466 g/mol. The second-order valence-electron chi connectivity index (χ2n) is 7.01. The molecular weight excluding hydrogens is 446 g/mol. The van der Waals surface area contributed by atoms with Gasteiger partial charge in [-0.15, -0.1) is 11.3 Å². The Hall–Kier alpha value is -1.65. The minimum atomic E-state index is -0.877. The van der Waals surface area contributed by atoms with E-state index in [-0.39, 0.29) is 5.91 Å². The standard InChI is InChI=1S/C21H20F2N2O2S3/c22-17-3-2-14(11-18(17)23)15-10-16(29-13-15)12-19-20(26)25(21(28)30-19)5-1-4-24-6-8-27-9-7-24/h2-3,10-13H,1,4-9H2/b19-12-. The largest absolute Gasteiger partial charge is 0.379 e. The first kappa shape index (κ1) is 21.6. The molecule has 30 heavy (non-hydrogen) atoms. The van der Waals surface area contributed by atoms with Gasteiger partial charge in [-0.3, -0.25) is 14.6 Å². The van der Waals surface area contributed by atoms with Gasteiger partial charge in [0.05, 0.1) is 18.1 Å². The van der Waals surface area contributed by atoms with Crippen LogP contribution < -0.4 is 0 Å². The molecule has 0 bridgehead atoms. The van der Waals surface area contributed by atoms with Crippen LogP contribution >= 0.6 is 35.3 Å². The molecule has 2 aliphatic rings. The number of halogens is 2. The third-order valence-corrected chi connectivity index (χ3v) is 7.24. The molecule has 2 aliphatic heterocycles. The third kappa shape index (κ3) is 4.97. The lowest BCUT2D eigenvalue weighted by atomic mass is 10.1. The number of carbonyl (C=O) groups is 1. The summed E-state index contributed by atoms with van der Waals surface area (Å²) in [6, 6.07) is 5.69. The van der Waals surface area contributed by atoms with Gasteiger partial charge in [0.15, 0.2) is 11.6 Å². The number of benzene rings is 1. The van der Waals surface area contributed by atoms with Gasteiger partial charge >= 0.3 is 0 Å². The fourth-order valence-electron chi connectivity index (χ4n) is 3.35. The molecular formula is C21H20F2N2O2S3. The predicted octanol–water partition coefficient (Wildman–Crippen LogP) is 4.62. The molecule has 1 aromatic carbocycles. The van der Waals surface area contributed by atoms with Crippen molar-refractivity contribution in [3.8, 4) is 11.1 Å².